The minimum Gasteiger partial charge on any atom is -0.462 e. The summed E-state index contributed by atoms with van der Waals surface area (Å²) in [4.78, 5) is 35.1. The number of hydrogen-bond acceptors (Lipinski definition) is 9. The van der Waals surface area contributed by atoms with E-state index >= 15 is 0 Å². The molecule has 0 aliphatic carbocycles. The smallest absolute Gasteiger partial charge is 0.462 e. The van der Waals surface area contributed by atoms with E-state index in [9.17, 15) is 24.2 Å². The predicted octanol–water partition coefficient (Wildman–Crippen LogP) is 14.9. The van der Waals surface area contributed by atoms with Crippen LogP contribution in [0.25, 0.3) is 0 Å². The van der Waals surface area contributed by atoms with E-state index in [1.807, 2.05) is 0 Å². The van der Waals surface area contributed by atoms with E-state index in [0.717, 1.165) is 44.9 Å². The standard InChI is InChI=1S/C52H99O10P/c1-3-5-7-9-11-13-15-17-19-21-22-23-24-25-26-28-29-31-33-35-37-39-41-43-51(55)59-47-50(48-61-63(57,58)60-46-49(54)45-53)62-52(56)44-42-40-38-36-34-32-30-27-20-18-16-14-12-10-8-6-4-2/h28-29,35,37,49-50,53-54H,3-27,30-34,36,38-48H2,1-2H3,(H,57,58)/b29-28+,37-35+/t49-,50+/m1/s1. The van der Waals surface area contributed by atoms with Crippen LogP contribution >= 0.6 is 7.82 Å². The molecule has 372 valence electrons. The summed E-state index contributed by atoms with van der Waals surface area (Å²) in [5.41, 5.74) is 0. The zero-order valence-corrected chi connectivity index (χ0v) is 41.7. The van der Waals surface area contributed by atoms with Crippen LogP contribution in [0, 0.1) is 0 Å². The first-order chi connectivity index (χ1) is 30.7. The minimum absolute atomic E-state index is 0.181. The number of hydrogen-bond donors (Lipinski definition) is 3. The molecule has 11 heteroatoms. The quantitative estimate of drug-likeness (QED) is 0.0233. The predicted molar refractivity (Wildman–Crippen MR) is 261 cm³/mol. The van der Waals surface area contributed by atoms with Crippen LogP contribution in [0.4, 0.5) is 0 Å². The molecule has 0 saturated carbocycles. The molecule has 0 amide bonds. The molecule has 0 aromatic rings. The molecule has 0 aliphatic heterocycles. The lowest BCUT2D eigenvalue weighted by molar-refractivity contribution is -0.161. The van der Waals surface area contributed by atoms with Gasteiger partial charge in [-0.25, -0.2) is 4.57 Å². The van der Waals surface area contributed by atoms with Crippen molar-refractivity contribution in [3.8, 4) is 0 Å². The summed E-state index contributed by atoms with van der Waals surface area (Å²) >= 11 is 0. The van der Waals surface area contributed by atoms with E-state index in [0.29, 0.717) is 12.8 Å². The number of unbranched alkanes of at least 4 members (excludes halogenated alkanes) is 32. The van der Waals surface area contributed by atoms with Crippen LogP contribution in [0.15, 0.2) is 24.3 Å². The molecule has 0 aromatic heterocycles. The monoisotopic (exact) mass is 915 g/mol. The Morgan fingerprint density at radius 3 is 1.24 bits per heavy atom. The zero-order chi connectivity index (χ0) is 46.2. The molecule has 0 fully saturated rings. The maximum absolute atomic E-state index is 12.7. The van der Waals surface area contributed by atoms with Gasteiger partial charge in [-0.05, 0) is 44.9 Å². The van der Waals surface area contributed by atoms with Crippen LogP contribution in [0.2, 0.25) is 0 Å². The summed E-state index contributed by atoms with van der Waals surface area (Å²) in [6.07, 6.45) is 51.6. The molecule has 63 heavy (non-hydrogen) atoms. The summed E-state index contributed by atoms with van der Waals surface area (Å²) in [7, 11) is -4.63. The van der Waals surface area contributed by atoms with Gasteiger partial charge >= 0.3 is 19.8 Å². The Bertz CT molecular complexity index is 1100. The van der Waals surface area contributed by atoms with Gasteiger partial charge in [0, 0.05) is 12.8 Å². The van der Waals surface area contributed by atoms with Crippen LogP contribution < -0.4 is 0 Å². The van der Waals surface area contributed by atoms with E-state index in [1.165, 1.54) is 173 Å². The highest BCUT2D eigenvalue weighted by Gasteiger charge is 2.27. The molecule has 0 bridgehead atoms. The normalized spacial score (nSPS) is 13.8. The second kappa shape index (κ2) is 48.4. The van der Waals surface area contributed by atoms with Gasteiger partial charge < -0.3 is 24.6 Å². The molecule has 0 spiro atoms. The van der Waals surface area contributed by atoms with Crippen molar-refractivity contribution in [1.82, 2.24) is 0 Å². The van der Waals surface area contributed by atoms with Crippen LogP contribution in [-0.4, -0.2) is 65.7 Å². The molecule has 1 unspecified atom stereocenters. The molecule has 3 atom stereocenters. The summed E-state index contributed by atoms with van der Waals surface area (Å²) in [6.45, 7) is 2.40. The number of aliphatic hydroxyl groups is 2. The Morgan fingerprint density at radius 2 is 0.810 bits per heavy atom. The average molecular weight is 915 g/mol. The summed E-state index contributed by atoms with van der Waals surface area (Å²) in [5.74, 6) is -0.960. The molecule has 0 aliphatic rings. The number of carbonyl (C=O) groups is 2. The fraction of sp³-hybridized carbons (Fsp3) is 0.885. The fourth-order valence-electron chi connectivity index (χ4n) is 7.55. The van der Waals surface area contributed by atoms with E-state index in [1.54, 1.807) is 0 Å². The zero-order valence-electron chi connectivity index (χ0n) is 40.8. The topological polar surface area (TPSA) is 149 Å². The van der Waals surface area contributed by atoms with Gasteiger partial charge in [-0.2, -0.15) is 0 Å². The van der Waals surface area contributed by atoms with Gasteiger partial charge in [0.25, 0.3) is 0 Å². The van der Waals surface area contributed by atoms with Gasteiger partial charge in [0.15, 0.2) is 6.10 Å². The van der Waals surface area contributed by atoms with Crippen LogP contribution in [-0.2, 0) is 32.7 Å². The van der Waals surface area contributed by atoms with Gasteiger partial charge in [0.2, 0.25) is 0 Å². The first kappa shape index (κ1) is 61.5. The number of esters is 2. The number of allylic oxidation sites excluding steroid dienone is 4. The van der Waals surface area contributed by atoms with Crippen molar-refractivity contribution in [2.24, 2.45) is 0 Å². The Hall–Kier alpha value is -1.55. The first-order valence-corrected chi connectivity index (χ1v) is 27.8. The van der Waals surface area contributed by atoms with Crippen LogP contribution in [0.1, 0.15) is 258 Å². The lowest BCUT2D eigenvalue weighted by Crippen LogP contribution is -2.29. The second-order valence-corrected chi connectivity index (χ2v) is 19.3. The number of phosphoric acid groups is 1. The highest BCUT2D eigenvalue weighted by Crippen LogP contribution is 2.43. The number of phosphoric ester groups is 1. The lowest BCUT2D eigenvalue weighted by atomic mass is 10.0. The van der Waals surface area contributed by atoms with E-state index in [-0.39, 0.29) is 19.4 Å². The van der Waals surface area contributed by atoms with Gasteiger partial charge in [-0.3, -0.25) is 18.6 Å². The van der Waals surface area contributed by atoms with Gasteiger partial charge in [0.05, 0.1) is 19.8 Å². The Labute approximate surface area is 387 Å². The average Bonchev–Trinajstić information content (AvgIpc) is 3.27. The molecule has 0 saturated heterocycles. The number of aliphatic hydroxyl groups excluding tert-OH is 2. The fourth-order valence-corrected chi connectivity index (χ4v) is 8.34. The van der Waals surface area contributed by atoms with Crippen molar-refractivity contribution in [1.29, 1.82) is 0 Å². The number of carbonyl (C=O) groups excluding carboxylic acids is 2. The van der Waals surface area contributed by atoms with E-state index < -0.39 is 51.8 Å². The largest absolute Gasteiger partial charge is 0.472 e. The Morgan fingerprint density at radius 1 is 0.460 bits per heavy atom. The highest BCUT2D eigenvalue weighted by atomic mass is 31.2. The maximum atomic E-state index is 12.7. The molecule has 3 N–H and O–H groups in total. The van der Waals surface area contributed by atoms with Gasteiger partial charge in [-0.1, -0.05) is 224 Å². The van der Waals surface area contributed by atoms with Crippen LogP contribution in [0.5, 0.6) is 0 Å². The van der Waals surface area contributed by atoms with Crippen molar-refractivity contribution in [2.75, 3.05) is 26.4 Å². The van der Waals surface area contributed by atoms with Gasteiger partial charge in [0.1, 0.15) is 12.7 Å². The second-order valence-electron chi connectivity index (χ2n) is 17.9. The van der Waals surface area contributed by atoms with Crippen molar-refractivity contribution in [3.63, 3.8) is 0 Å². The first-order valence-electron chi connectivity index (χ1n) is 26.3. The molecule has 0 rings (SSSR count). The summed E-state index contributed by atoms with van der Waals surface area (Å²) in [6, 6.07) is 0. The summed E-state index contributed by atoms with van der Waals surface area (Å²) < 4.78 is 32.8. The molecular formula is C52H99O10P. The molecule has 10 nitrogen and oxygen atoms in total. The van der Waals surface area contributed by atoms with Gasteiger partial charge in [-0.15, -0.1) is 0 Å². The van der Waals surface area contributed by atoms with Crippen molar-refractivity contribution in [3.05, 3.63) is 24.3 Å². The van der Waals surface area contributed by atoms with Crippen LogP contribution in [0.3, 0.4) is 0 Å². The van der Waals surface area contributed by atoms with E-state index in [4.69, 9.17) is 23.6 Å². The third-order valence-electron chi connectivity index (χ3n) is 11.6. The van der Waals surface area contributed by atoms with E-state index in [2.05, 4.69) is 38.2 Å². The molecule has 0 radical (unpaired) electrons. The highest BCUT2D eigenvalue weighted by molar-refractivity contribution is 7.47. The number of rotatable bonds is 50. The SMILES string of the molecule is CCCCCCCCCCCCCCCC/C=C/CC/C=C/CCCC(=O)OC[C@@H](COP(=O)(O)OC[C@H](O)CO)OC(=O)CCCCCCCCCCCCCCCCCCC. The third-order valence-corrected chi connectivity index (χ3v) is 12.5. The van der Waals surface area contributed by atoms with Crippen molar-refractivity contribution >= 4 is 19.8 Å². The third kappa shape index (κ3) is 48.2. The lowest BCUT2D eigenvalue weighted by Gasteiger charge is -2.20. The Kier molecular flexibility index (Phi) is 47.2. The Balaban J connectivity index is 4.18. The molecular weight excluding hydrogens is 816 g/mol. The van der Waals surface area contributed by atoms with Crippen molar-refractivity contribution in [2.45, 2.75) is 270 Å². The number of ether oxygens (including phenoxy) is 2. The maximum Gasteiger partial charge on any atom is 0.472 e. The molecule has 0 aromatic carbocycles. The summed E-state index contributed by atoms with van der Waals surface area (Å²) in [5, 5.41) is 18.4. The molecule has 0 heterocycles. The minimum atomic E-state index is -4.63. The van der Waals surface area contributed by atoms with Crippen molar-refractivity contribution < 1.29 is 47.8 Å².